The maximum Gasteiger partial charge on any atom is 0.0998 e. The highest BCUT2D eigenvalue weighted by Crippen LogP contribution is 2.48. The Hall–Kier alpha value is -5.53. The molecule has 1 nitrogen and oxygen atoms in total. The van der Waals surface area contributed by atoms with Gasteiger partial charge >= 0.3 is 0 Å². The van der Waals surface area contributed by atoms with E-state index in [1.165, 1.54) is 62.6 Å². The molecule has 0 spiro atoms. The van der Waals surface area contributed by atoms with Crippen LogP contribution in [-0.2, 0) is 0 Å². The number of hydrogen-bond acceptors (Lipinski definition) is 3. The van der Waals surface area contributed by atoms with Crippen molar-refractivity contribution in [3.05, 3.63) is 157 Å². The van der Waals surface area contributed by atoms with Gasteiger partial charge in [0, 0.05) is 45.9 Å². The summed E-state index contributed by atoms with van der Waals surface area (Å²) in [5.74, 6) is 0. The summed E-state index contributed by atoms with van der Waals surface area (Å²) in [5.41, 5.74) is 9.71. The van der Waals surface area contributed by atoms with E-state index in [2.05, 4.69) is 140 Å². The van der Waals surface area contributed by atoms with Crippen LogP contribution in [0.25, 0.3) is 84.9 Å². The van der Waals surface area contributed by atoms with Crippen molar-refractivity contribution in [2.45, 2.75) is 0 Å². The molecule has 0 atom stereocenters. The van der Waals surface area contributed by atoms with Gasteiger partial charge in [-0.15, -0.1) is 22.7 Å². The van der Waals surface area contributed by atoms with Crippen LogP contribution >= 0.6 is 22.7 Å². The molecule has 46 heavy (non-hydrogen) atoms. The van der Waals surface area contributed by atoms with Crippen molar-refractivity contribution in [3.63, 3.8) is 0 Å². The molecule has 214 valence electrons. The highest BCUT2D eigenvalue weighted by Gasteiger charge is 2.21. The number of nitriles is 1. The van der Waals surface area contributed by atoms with Gasteiger partial charge in [0.2, 0.25) is 0 Å². The highest BCUT2D eigenvalue weighted by atomic mass is 32.1. The van der Waals surface area contributed by atoms with Crippen LogP contribution < -0.4 is 0 Å². The molecule has 2 heterocycles. The molecule has 0 N–H and O–H groups in total. The Morgan fingerprint density at radius 3 is 1.85 bits per heavy atom. The fourth-order valence-electron chi connectivity index (χ4n) is 6.84. The van der Waals surface area contributed by atoms with Gasteiger partial charge in [0.1, 0.15) is 0 Å². The van der Waals surface area contributed by atoms with Gasteiger partial charge in [-0.05, 0) is 81.4 Å². The third-order valence-electron chi connectivity index (χ3n) is 8.94. The summed E-state index contributed by atoms with van der Waals surface area (Å²) >= 11 is 3.69. The second-order valence-electron chi connectivity index (χ2n) is 11.6. The van der Waals surface area contributed by atoms with Crippen LogP contribution in [0.3, 0.4) is 0 Å². The molecule has 0 aliphatic carbocycles. The third-order valence-corrected chi connectivity index (χ3v) is 11.3. The first kappa shape index (κ1) is 26.8. The Kier molecular flexibility index (Phi) is 6.31. The molecule has 9 aromatic rings. The Morgan fingerprint density at radius 1 is 0.391 bits per heavy atom. The Labute approximate surface area is 274 Å². The minimum absolute atomic E-state index is 0.672. The van der Waals surface area contributed by atoms with Crippen molar-refractivity contribution in [1.29, 1.82) is 5.26 Å². The lowest BCUT2D eigenvalue weighted by Crippen LogP contribution is -1.94. The number of fused-ring (bicyclic) bond motifs is 6. The number of rotatable bonds is 4. The summed E-state index contributed by atoms with van der Waals surface area (Å²) in [6.45, 7) is 0. The van der Waals surface area contributed by atoms with Gasteiger partial charge in [-0.2, -0.15) is 5.26 Å². The van der Waals surface area contributed by atoms with Gasteiger partial charge in [-0.1, -0.05) is 109 Å². The molecule has 0 fully saturated rings. The first-order valence-electron chi connectivity index (χ1n) is 15.3. The van der Waals surface area contributed by atoms with E-state index in [1.54, 1.807) is 0 Å². The summed E-state index contributed by atoms with van der Waals surface area (Å²) < 4.78 is 5.14. The topological polar surface area (TPSA) is 23.8 Å². The number of thiophene rings is 2. The zero-order valence-electron chi connectivity index (χ0n) is 24.7. The zero-order valence-corrected chi connectivity index (χ0v) is 26.3. The molecule has 0 unspecified atom stereocenters. The summed E-state index contributed by atoms with van der Waals surface area (Å²) in [6.07, 6.45) is 0. The third kappa shape index (κ3) is 4.27. The minimum atomic E-state index is 0.672. The molecule has 0 amide bonds. The first-order chi connectivity index (χ1) is 22.8. The van der Waals surface area contributed by atoms with E-state index in [1.807, 2.05) is 40.9 Å². The van der Waals surface area contributed by atoms with Crippen molar-refractivity contribution in [2.75, 3.05) is 0 Å². The first-order valence-corrected chi connectivity index (χ1v) is 17.0. The van der Waals surface area contributed by atoms with Crippen molar-refractivity contribution in [3.8, 4) is 50.6 Å². The van der Waals surface area contributed by atoms with Crippen LogP contribution in [0.15, 0.2) is 152 Å². The number of benzene rings is 7. The second-order valence-corrected chi connectivity index (χ2v) is 13.7. The van der Waals surface area contributed by atoms with Crippen molar-refractivity contribution in [1.82, 2.24) is 0 Å². The summed E-state index contributed by atoms with van der Waals surface area (Å²) in [6, 6.07) is 56.7. The Balaban J connectivity index is 1.43. The normalized spacial score (nSPS) is 11.5. The fourth-order valence-corrected chi connectivity index (χ4v) is 9.16. The summed E-state index contributed by atoms with van der Waals surface area (Å²) in [5, 5.41) is 15.3. The van der Waals surface area contributed by atoms with E-state index in [9.17, 15) is 5.26 Å². The van der Waals surface area contributed by atoms with Crippen LogP contribution in [0.1, 0.15) is 5.56 Å². The van der Waals surface area contributed by atoms with E-state index < -0.39 is 0 Å². The van der Waals surface area contributed by atoms with Crippen LogP contribution in [0, 0.1) is 11.3 Å². The quantitative estimate of drug-likeness (QED) is 0.192. The van der Waals surface area contributed by atoms with Gasteiger partial charge < -0.3 is 0 Å². The van der Waals surface area contributed by atoms with Gasteiger partial charge in [-0.3, -0.25) is 0 Å². The molecule has 0 saturated carbocycles. The van der Waals surface area contributed by atoms with Gasteiger partial charge in [-0.25, -0.2) is 0 Å². The molecule has 0 saturated heterocycles. The Bertz CT molecular complexity index is 2650. The molecular formula is C43H25NS2. The van der Waals surface area contributed by atoms with E-state index in [4.69, 9.17) is 0 Å². The lowest BCUT2D eigenvalue weighted by molar-refractivity contribution is 1.48. The number of nitrogens with zero attached hydrogens (tertiary/aromatic N) is 1. The smallest absolute Gasteiger partial charge is 0.0998 e. The average Bonchev–Trinajstić information content (AvgIpc) is 3.69. The molecule has 3 heteroatoms. The minimum Gasteiger partial charge on any atom is -0.192 e. The molecule has 0 aliphatic rings. The maximum atomic E-state index is 10.2. The molecule has 0 aliphatic heterocycles. The predicted molar refractivity (Wildman–Crippen MR) is 199 cm³/mol. The molecule has 0 bridgehead atoms. The Morgan fingerprint density at radius 2 is 1.02 bits per heavy atom. The summed E-state index contributed by atoms with van der Waals surface area (Å²) in [7, 11) is 0. The van der Waals surface area contributed by atoms with Crippen molar-refractivity contribution >= 4 is 63.0 Å². The van der Waals surface area contributed by atoms with Crippen LogP contribution in [0.5, 0.6) is 0 Å². The van der Waals surface area contributed by atoms with Gasteiger partial charge in [0.15, 0.2) is 0 Å². The van der Waals surface area contributed by atoms with Crippen LogP contribution in [0.2, 0.25) is 0 Å². The SMILES string of the molecule is N#Cc1ccccc1-c1cc(-c2ccc3sc4ccccc4c3c2)c(-c2ccccc2)c(-c2cccc3c2sc2ccccc23)c1. The lowest BCUT2D eigenvalue weighted by Gasteiger charge is -2.20. The standard InChI is InChI=1S/C43H25NS2/c44-26-29-13-4-5-14-31(29)30-24-36(28-21-22-41-37(23-28)33-16-7-8-19-39(33)45-41)42(27-11-2-1-3-12-27)38(25-30)35-18-10-17-34-32-15-6-9-20-40(32)46-43(34)35/h1-25H. The monoisotopic (exact) mass is 619 g/mol. The maximum absolute atomic E-state index is 10.2. The average molecular weight is 620 g/mol. The lowest BCUT2D eigenvalue weighted by atomic mass is 9.83. The molecular weight excluding hydrogens is 595 g/mol. The zero-order chi connectivity index (χ0) is 30.6. The number of hydrogen-bond donors (Lipinski definition) is 0. The van der Waals surface area contributed by atoms with Gasteiger partial charge in [0.05, 0.1) is 11.6 Å². The summed E-state index contributed by atoms with van der Waals surface area (Å²) in [4.78, 5) is 0. The van der Waals surface area contributed by atoms with E-state index >= 15 is 0 Å². The van der Waals surface area contributed by atoms with Gasteiger partial charge in [0.25, 0.3) is 0 Å². The fraction of sp³-hybridized carbons (Fsp3) is 0. The largest absolute Gasteiger partial charge is 0.192 e. The van der Waals surface area contributed by atoms with Crippen LogP contribution in [0.4, 0.5) is 0 Å². The molecule has 7 aromatic carbocycles. The molecule has 0 radical (unpaired) electrons. The highest BCUT2D eigenvalue weighted by molar-refractivity contribution is 7.26. The van der Waals surface area contributed by atoms with Crippen LogP contribution in [-0.4, -0.2) is 0 Å². The van der Waals surface area contributed by atoms with Crippen molar-refractivity contribution < 1.29 is 0 Å². The molecule has 2 aromatic heterocycles. The van der Waals surface area contributed by atoms with Crippen molar-refractivity contribution in [2.24, 2.45) is 0 Å². The van der Waals surface area contributed by atoms with E-state index in [-0.39, 0.29) is 0 Å². The van der Waals surface area contributed by atoms with E-state index in [0.29, 0.717) is 5.56 Å². The predicted octanol–water partition coefficient (Wildman–Crippen LogP) is 13.0. The molecule has 9 rings (SSSR count). The second kappa shape index (κ2) is 10.8. The van der Waals surface area contributed by atoms with E-state index in [0.717, 1.165) is 22.3 Å².